The molecular weight excluding hydrogens is 154 g/mol. The Balaban J connectivity index is 2.64. The first kappa shape index (κ1) is 9.06. The van der Waals surface area contributed by atoms with Crippen LogP contribution in [0.15, 0.2) is 10.7 Å². The molecule has 0 aliphatic carbocycles. The second kappa shape index (κ2) is 3.15. The molecule has 1 aromatic heterocycles. The van der Waals surface area contributed by atoms with Crippen LogP contribution in [0.25, 0.3) is 0 Å². The summed E-state index contributed by atoms with van der Waals surface area (Å²) in [7, 11) is 0. The fourth-order valence-electron chi connectivity index (χ4n) is 0.779. The van der Waals surface area contributed by atoms with Crippen molar-refractivity contribution in [3.05, 3.63) is 12.0 Å². The van der Waals surface area contributed by atoms with Crippen molar-refractivity contribution in [2.75, 3.05) is 5.32 Å². The molecule has 0 saturated heterocycles. The molecule has 0 aliphatic rings. The highest BCUT2D eigenvalue weighted by Crippen LogP contribution is 2.13. The molecule has 0 saturated carbocycles. The Morgan fingerprint density at radius 3 is 2.67 bits per heavy atom. The van der Waals surface area contributed by atoms with E-state index in [1.165, 1.54) is 0 Å². The smallest absolute Gasteiger partial charge is 0.295 e. The average Bonchev–Trinajstić information content (AvgIpc) is 2.32. The number of oxazole rings is 1. The van der Waals surface area contributed by atoms with Gasteiger partial charge in [-0.25, -0.2) is 0 Å². The average molecular weight is 169 g/mol. The van der Waals surface area contributed by atoms with Gasteiger partial charge in [-0.1, -0.05) is 0 Å². The lowest BCUT2D eigenvalue weighted by Crippen LogP contribution is -2.26. The van der Waals surface area contributed by atoms with Crippen LogP contribution in [0.3, 0.4) is 0 Å². The number of nitrogens with zero attached hydrogens (tertiary/aromatic N) is 1. The highest BCUT2D eigenvalue weighted by atomic mass is 16.4. The van der Waals surface area contributed by atoms with Crippen LogP contribution in [0.4, 0.5) is 6.01 Å². The van der Waals surface area contributed by atoms with Crippen LogP contribution in [-0.4, -0.2) is 10.5 Å². The summed E-state index contributed by atoms with van der Waals surface area (Å²) in [6.45, 7) is 6.54. The van der Waals surface area contributed by atoms with Gasteiger partial charge in [0, 0.05) is 12.1 Å². The summed E-state index contributed by atoms with van der Waals surface area (Å²) in [5.41, 5.74) is 6.11. The van der Waals surface area contributed by atoms with Crippen molar-refractivity contribution in [3.8, 4) is 0 Å². The first-order valence-corrected chi connectivity index (χ1v) is 3.94. The van der Waals surface area contributed by atoms with E-state index in [-0.39, 0.29) is 5.54 Å². The van der Waals surface area contributed by atoms with E-state index in [2.05, 4.69) is 10.3 Å². The van der Waals surface area contributed by atoms with E-state index in [0.29, 0.717) is 12.6 Å². The quantitative estimate of drug-likeness (QED) is 0.701. The molecule has 12 heavy (non-hydrogen) atoms. The Morgan fingerprint density at radius 2 is 2.25 bits per heavy atom. The Labute approximate surface area is 72.2 Å². The zero-order chi connectivity index (χ0) is 9.19. The number of hydrogen-bond acceptors (Lipinski definition) is 4. The third-order valence-corrected chi connectivity index (χ3v) is 1.24. The van der Waals surface area contributed by atoms with Gasteiger partial charge in [0.1, 0.15) is 6.26 Å². The fraction of sp³-hybridized carbons (Fsp3) is 0.625. The minimum absolute atomic E-state index is 0.0310. The number of nitrogens with one attached hydrogen (secondary N) is 1. The lowest BCUT2D eigenvalue weighted by molar-refractivity contribution is 0.530. The molecule has 4 heteroatoms. The largest absolute Gasteiger partial charge is 0.432 e. The molecule has 0 spiro atoms. The highest BCUT2D eigenvalue weighted by Gasteiger charge is 2.12. The lowest BCUT2D eigenvalue weighted by Gasteiger charge is -2.18. The van der Waals surface area contributed by atoms with E-state index >= 15 is 0 Å². The Morgan fingerprint density at radius 1 is 1.58 bits per heavy atom. The Hall–Kier alpha value is -1.03. The summed E-state index contributed by atoms with van der Waals surface area (Å²) >= 11 is 0. The fourth-order valence-corrected chi connectivity index (χ4v) is 0.779. The van der Waals surface area contributed by atoms with Gasteiger partial charge in [0.15, 0.2) is 0 Å². The molecule has 0 fully saturated rings. The topological polar surface area (TPSA) is 64.1 Å². The molecule has 0 aromatic carbocycles. The van der Waals surface area contributed by atoms with E-state index in [0.717, 1.165) is 5.69 Å². The molecule has 1 heterocycles. The normalized spacial score (nSPS) is 11.7. The monoisotopic (exact) mass is 169 g/mol. The number of rotatable bonds is 2. The number of hydrogen-bond donors (Lipinski definition) is 2. The highest BCUT2D eigenvalue weighted by molar-refractivity contribution is 5.24. The van der Waals surface area contributed by atoms with Crippen LogP contribution >= 0.6 is 0 Å². The summed E-state index contributed by atoms with van der Waals surface area (Å²) < 4.78 is 5.13. The Kier molecular flexibility index (Phi) is 2.38. The second-order valence-corrected chi connectivity index (χ2v) is 3.72. The van der Waals surface area contributed by atoms with Gasteiger partial charge >= 0.3 is 0 Å². The van der Waals surface area contributed by atoms with Gasteiger partial charge in [0.25, 0.3) is 6.01 Å². The van der Waals surface area contributed by atoms with Gasteiger partial charge in [-0.05, 0) is 20.8 Å². The Bertz CT molecular complexity index is 249. The van der Waals surface area contributed by atoms with Crippen molar-refractivity contribution < 1.29 is 4.42 Å². The maximum Gasteiger partial charge on any atom is 0.295 e. The van der Waals surface area contributed by atoms with Crippen molar-refractivity contribution in [2.45, 2.75) is 32.9 Å². The summed E-state index contributed by atoms with van der Waals surface area (Å²) in [5, 5.41) is 3.10. The third kappa shape index (κ3) is 2.54. The maximum atomic E-state index is 5.38. The zero-order valence-electron chi connectivity index (χ0n) is 7.72. The maximum absolute atomic E-state index is 5.38. The molecule has 1 rings (SSSR count). The first-order valence-electron chi connectivity index (χ1n) is 3.94. The molecule has 0 unspecified atom stereocenters. The number of aromatic nitrogens is 1. The molecule has 3 N–H and O–H groups in total. The minimum atomic E-state index is -0.0310. The third-order valence-electron chi connectivity index (χ3n) is 1.24. The van der Waals surface area contributed by atoms with Gasteiger partial charge in [-0.2, -0.15) is 4.98 Å². The summed E-state index contributed by atoms with van der Waals surface area (Å²) in [5.74, 6) is 0. The van der Waals surface area contributed by atoms with Gasteiger partial charge in [-0.15, -0.1) is 0 Å². The standard InChI is InChI=1S/C8H15N3O/c1-8(2,3)11-7-10-6(4-9)5-12-7/h5H,4,9H2,1-3H3,(H,10,11). The van der Waals surface area contributed by atoms with Crippen molar-refractivity contribution in [2.24, 2.45) is 5.73 Å². The predicted molar refractivity (Wildman–Crippen MR) is 47.8 cm³/mol. The molecule has 0 atom stereocenters. The first-order chi connectivity index (χ1) is 5.51. The summed E-state index contributed by atoms with van der Waals surface area (Å²) in [4.78, 5) is 4.11. The number of nitrogens with two attached hydrogens (primary N) is 1. The van der Waals surface area contributed by atoms with E-state index in [4.69, 9.17) is 10.2 Å². The van der Waals surface area contributed by atoms with E-state index in [9.17, 15) is 0 Å². The molecular formula is C8H15N3O. The van der Waals surface area contributed by atoms with Crippen LogP contribution in [-0.2, 0) is 6.54 Å². The van der Waals surface area contributed by atoms with Crippen LogP contribution in [0, 0.1) is 0 Å². The van der Waals surface area contributed by atoms with Crippen molar-refractivity contribution in [3.63, 3.8) is 0 Å². The summed E-state index contributed by atoms with van der Waals surface area (Å²) in [6, 6.07) is 0.531. The van der Waals surface area contributed by atoms with Crippen molar-refractivity contribution in [1.82, 2.24) is 4.98 Å². The van der Waals surface area contributed by atoms with Crippen molar-refractivity contribution in [1.29, 1.82) is 0 Å². The van der Waals surface area contributed by atoms with Crippen LogP contribution in [0.1, 0.15) is 26.5 Å². The van der Waals surface area contributed by atoms with Crippen LogP contribution in [0.5, 0.6) is 0 Å². The van der Waals surface area contributed by atoms with Gasteiger partial charge < -0.3 is 15.5 Å². The molecule has 4 nitrogen and oxygen atoms in total. The molecule has 0 radical (unpaired) electrons. The minimum Gasteiger partial charge on any atom is -0.432 e. The van der Waals surface area contributed by atoms with E-state index < -0.39 is 0 Å². The molecule has 0 aliphatic heterocycles. The number of anilines is 1. The van der Waals surface area contributed by atoms with Crippen LogP contribution in [0.2, 0.25) is 0 Å². The SMILES string of the molecule is CC(C)(C)Nc1nc(CN)co1. The molecule has 1 aromatic rings. The van der Waals surface area contributed by atoms with Gasteiger partial charge in [-0.3, -0.25) is 0 Å². The van der Waals surface area contributed by atoms with Crippen molar-refractivity contribution >= 4 is 6.01 Å². The van der Waals surface area contributed by atoms with Gasteiger partial charge in [0.05, 0.1) is 5.69 Å². The van der Waals surface area contributed by atoms with E-state index in [1.54, 1.807) is 6.26 Å². The summed E-state index contributed by atoms with van der Waals surface area (Å²) in [6.07, 6.45) is 1.56. The lowest BCUT2D eigenvalue weighted by atomic mass is 10.1. The van der Waals surface area contributed by atoms with Gasteiger partial charge in [0.2, 0.25) is 0 Å². The second-order valence-electron chi connectivity index (χ2n) is 3.72. The predicted octanol–water partition coefficient (Wildman–Crippen LogP) is 1.34. The zero-order valence-corrected chi connectivity index (χ0v) is 7.72. The molecule has 0 amide bonds. The molecule has 0 bridgehead atoms. The van der Waals surface area contributed by atoms with Crippen LogP contribution < -0.4 is 11.1 Å². The molecule has 68 valence electrons. The van der Waals surface area contributed by atoms with E-state index in [1.807, 2.05) is 20.8 Å².